The van der Waals surface area contributed by atoms with Crippen molar-refractivity contribution < 1.29 is 42.1 Å². The van der Waals surface area contributed by atoms with Crippen molar-refractivity contribution >= 4 is 19.8 Å². The molecule has 2 atom stereocenters. The molecule has 0 aromatic heterocycles. The summed E-state index contributed by atoms with van der Waals surface area (Å²) in [6.45, 7) is 3.94. The monoisotopic (exact) mass is 1180 g/mol. The zero-order valence-corrected chi connectivity index (χ0v) is 54.4. The number of hydrogen-bond acceptors (Lipinski definition) is 8. The van der Waals surface area contributed by atoms with Crippen LogP contribution < -0.4 is 4.89 Å². The minimum atomic E-state index is -4.66. The number of rotatable bonds is 57. The molecule has 0 amide bonds. The smallest absolute Gasteiger partial charge is 0.306 e. The van der Waals surface area contributed by atoms with Crippen LogP contribution in [0.1, 0.15) is 219 Å². The first-order chi connectivity index (χ1) is 41.0. The Labute approximate surface area is 514 Å². The van der Waals surface area contributed by atoms with Crippen LogP contribution in [0.25, 0.3) is 0 Å². The van der Waals surface area contributed by atoms with E-state index in [0.29, 0.717) is 23.9 Å². The summed E-state index contributed by atoms with van der Waals surface area (Å²) in [6.07, 6.45) is 96.7. The molecule has 0 N–H and O–H groups in total. The molecule has 2 unspecified atom stereocenters. The van der Waals surface area contributed by atoms with Crippen LogP contribution >= 0.6 is 7.82 Å². The Kier molecular flexibility index (Phi) is 59.0. The number of allylic oxidation sites excluding steroid dienone is 30. The maximum absolute atomic E-state index is 12.8. The normalized spacial score (nSPS) is 14.4. The topological polar surface area (TPSA) is 111 Å². The number of nitrogens with zero attached hydrogens (tertiary/aromatic N) is 1. The Morgan fingerprint density at radius 2 is 0.643 bits per heavy atom. The number of likely N-dealkylation sites (N-methyl/N-ethyl adjacent to an activating group) is 1. The molecule has 0 aliphatic carbocycles. The van der Waals surface area contributed by atoms with Crippen LogP contribution in [0.15, 0.2) is 182 Å². The van der Waals surface area contributed by atoms with E-state index in [2.05, 4.69) is 196 Å². The number of phosphoric acid groups is 1. The van der Waals surface area contributed by atoms with Gasteiger partial charge in [-0.3, -0.25) is 14.2 Å². The van der Waals surface area contributed by atoms with E-state index in [1.807, 2.05) is 21.1 Å². The maximum atomic E-state index is 12.8. The average Bonchev–Trinajstić information content (AvgIpc) is 3.61. The van der Waals surface area contributed by atoms with Gasteiger partial charge in [0.25, 0.3) is 7.82 Å². The molecule has 0 aromatic carbocycles. The largest absolute Gasteiger partial charge is 0.756 e. The highest BCUT2D eigenvalue weighted by Gasteiger charge is 2.22. The van der Waals surface area contributed by atoms with Gasteiger partial charge in [-0.15, -0.1) is 0 Å². The van der Waals surface area contributed by atoms with Gasteiger partial charge in [-0.05, 0) is 135 Å². The van der Waals surface area contributed by atoms with Crippen molar-refractivity contribution in [2.45, 2.75) is 225 Å². The molecule has 0 spiro atoms. The van der Waals surface area contributed by atoms with Crippen molar-refractivity contribution in [2.75, 3.05) is 47.5 Å². The minimum absolute atomic E-state index is 0.0488. The van der Waals surface area contributed by atoms with E-state index in [0.717, 1.165) is 141 Å². The van der Waals surface area contributed by atoms with Gasteiger partial charge in [0.1, 0.15) is 19.8 Å². The van der Waals surface area contributed by atoms with Gasteiger partial charge in [-0.1, -0.05) is 254 Å². The molecule has 0 rings (SSSR count). The summed E-state index contributed by atoms with van der Waals surface area (Å²) in [5, 5.41) is 0. The molecule has 472 valence electrons. The van der Waals surface area contributed by atoms with Gasteiger partial charge in [0.15, 0.2) is 6.10 Å². The molecule has 0 heterocycles. The Hall–Kier alpha value is -4.89. The lowest BCUT2D eigenvalue weighted by Gasteiger charge is -2.28. The lowest BCUT2D eigenvalue weighted by molar-refractivity contribution is -0.870. The molecule has 0 fully saturated rings. The third-order valence-corrected chi connectivity index (χ3v) is 13.9. The van der Waals surface area contributed by atoms with E-state index in [-0.39, 0.29) is 26.1 Å². The number of esters is 2. The summed E-state index contributed by atoms with van der Waals surface area (Å²) in [5.41, 5.74) is 0. The molecule has 0 radical (unpaired) electrons. The third kappa shape index (κ3) is 66.3. The Morgan fingerprint density at radius 3 is 0.964 bits per heavy atom. The van der Waals surface area contributed by atoms with Gasteiger partial charge >= 0.3 is 11.9 Å². The fraction of sp³-hybridized carbons (Fsp3) is 0.568. The first-order valence-corrected chi connectivity index (χ1v) is 34.0. The highest BCUT2D eigenvalue weighted by Crippen LogP contribution is 2.38. The van der Waals surface area contributed by atoms with E-state index in [1.54, 1.807) is 0 Å². The van der Waals surface area contributed by atoms with Crippen LogP contribution in [-0.2, 0) is 32.7 Å². The van der Waals surface area contributed by atoms with Gasteiger partial charge in [0.2, 0.25) is 0 Å². The summed E-state index contributed by atoms with van der Waals surface area (Å²) >= 11 is 0. The molecular formula is C74H118NO8P. The van der Waals surface area contributed by atoms with Gasteiger partial charge in [0.05, 0.1) is 27.7 Å². The summed E-state index contributed by atoms with van der Waals surface area (Å²) in [6, 6.07) is 0. The summed E-state index contributed by atoms with van der Waals surface area (Å²) in [5.74, 6) is -0.891. The summed E-state index contributed by atoms with van der Waals surface area (Å²) < 4.78 is 34.2. The number of carbonyl (C=O) groups is 2. The number of quaternary nitrogens is 1. The predicted octanol–water partition coefficient (Wildman–Crippen LogP) is 20.5. The molecule has 0 saturated heterocycles. The standard InChI is InChI=1S/C74H118NO8P/c1-6-8-10-12-14-16-18-20-22-24-26-28-30-31-32-33-34-35-36-37-38-39-40-41-42-43-45-47-49-51-53-55-57-59-61-63-65-67-74(77)83-72(71-82-84(78,79)81-69-68-75(3,4)5)70-80-73(76)66-64-62-60-58-56-54-52-50-48-46-44-29-27-25-23-21-19-17-15-13-11-9-7-2/h8-11,14-17,20-23,26-29,31-32,34-35,37-38,40-41,43,45,49,51,55,57,72H,6-7,12-13,18-19,24-25,30,33,36,39,42,44,46-48,50,52-54,56,58-71H2,1-5H3/b10-8-,11-9-,16-14-,17-15-,22-20-,23-21-,28-26-,29-27-,32-31-,35-34-,38-37-,41-40-,45-43-,51-49-,57-55-. The van der Waals surface area contributed by atoms with Crippen molar-refractivity contribution in [3.05, 3.63) is 182 Å². The van der Waals surface area contributed by atoms with E-state index in [1.165, 1.54) is 38.5 Å². The number of unbranched alkanes of at least 4 members (excludes halogenated alkanes) is 13. The molecule has 0 aliphatic heterocycles. The molecule has 10 heteroatoms. The molecule has 84 heavy (non-hydrogen) atoms. The highest BCUT2D eigenvalue weighted by molar-refractivity contribution is 7.45. The number of phosphoric ester groups is 1. The Bertz CT molecular complexity index is 2070. The predicted molar refractivity (Wildman–Crippen MR) is 359 cm³/mol. The zero-order valence-electron chi connectivity index (χ0n) is 53.5. The van der Waals surface area contributed by atoms with Crippen molar-refractivity contribution in [1.82, 2.24) is 0 Å². The van der Waals surface area contributed by atoms with E-state index in [9.17, 15) is 19.0 Å². The van der Waals surface area contributed by atoms with Crippen LogP contribution in [0.2, 0.25) is 0 Å². The molecule has 0 aliphatic rings. The second-order valence-electron chi connectivity index (χ2n) is 22.0. The lowest BCUT2D eigenvalue weighted by Crippen LogP contribution is -2.37. The van der Waals surface area contributed by atoms with Crippen LogP contribution in [-0.4, -0.2) is 70.0 Å². The van der Waals surface area contributed by atoms with E-state index < -0.39 is 32.5 Å². The van der Waals surface area contributed by atoms with Crippen molar-refractivity contribution in [3.63, 3.8) is 0 Å². The molecular weight excluding hydrogens is 1060 g/mol. The van der Waals surface area contributed by atoms with Crippen LogP contribution in [0, 0.1) is 0 Å². The first kappa shape index (κ1) is 79.1. The minimum Gasteiger partial charge on any atom is -0.756 e. The number of hydrogen-bond donors (Lipinski definition) is 0. The third-order valence-electron chi connectivity index (χ3n) is 12.9. The maximum Gasteiger partial charge on any atom is 0.306 e. The number of ether oxygens (including phenoxy) is 2. The molecule has 0 aromatic rings. The number of carbonyl (C=O) groups excluding carboxylic acids is 2. The van der Waals surface area contributed by atoms with Crippen LogP contribution in [0.5, 0.6) is 0 Å². The Morgan fingerprint density at radius 1 is 0.369 bits per heavy atom. The highest BCUT2D eigenvalue weighted by atomic mass is 31.2. The second-order valence-corrected chi connectivity index (χ2v) is 23.4. The van der Waals surface area contributed by atoms with Crippen LogP contribution in [0.3, 0.4) is 0 Å². The van der Waals surface area contributed by atoms with Gasteiger partial charge < -0.3 is 27.9 Å². The lowest BCUT2D eigenvalue weighted by atomic mass is 10.1. The van der Waals surface area contributed by atoms with Crippen molar-refractivity contribution in [2.24, 2.45) is 0 Å². The van der Waals surface area contributed by atoms with E-state index >= 15 is 0 Å². The average molecular weight is 1180 g/mol. The van der Waals surface area contributed by atoms with Gasteiger partial charge in [0, 0.05) is 12.8 Å². The second kappa shape index (κ2) is 62.6. The SMILES string of the molecule is CC/C=C\C/C=C\C/C=C\C/C=C\C/C=C\C/C=C\C/C=C\C/C=C\C/C=C\C/C=C\C/C=C\CCCCCC(=O)OC(COC(=O)CCCCCCCCCCCC/C=C\C/C=C\C/C=C\C/C=C\CC)COP(=O)([O-])OCC[N+](C)(C)C. The van der Waals surface area contributed by atoms with Crippen LogP contribution in [0.4, 0.5) is 0 Å². The first-order valence-electron chi connectivity index (χ1n) is 32.5. The Balaban J connectivity index is 4.25. The molecule has 0 bridgehead atoms. The quantitative estimate of drug-likeness (QED) is 0.0195. The fourth-order valence-corrected chi connectivity index (χ4v) is 8.73. The van der Waals surface area contributed by atoms with Gasteiger partial charge in [-0.2, -0.15) is 0 Å². The van der Waals surface area contributed by atoms with Crippen molar-refractivity contribution in [3.8, 4) is 0 Å². The van der Waals surface area contributed by atoms with Gasteiger partial charge in [-0.25, -0.2) is 0 Å². The zero-order chi connectivity index (χ0) is 61.2. The molecule has 9 nitrogen and oxygen atoms in total. The fourth-order valence-electron chi connectivity index (χ4n) is 8.00. The summed E-state index contributed by atoms with van der Waals surface area (Å²) in [7, 11) is 1.11. The van der Waals surface area contributed by atoms with E-state index in [4.69, 9.17) is 18.5 Å². The molecule has 0 saturated carbocycles. The van der Waals surface area contributed by atoms with Crippen molar-refractivity contribution in [1.29, 1.82) is 0 Å². The summed E-state index contributed by atoms with van der Waals surface area (Å²) in [4.78, 5) is 38.0.